The SMILES string of the molecule is Cc1cccc(N(CC(=O)Nc2nnc(-c3ccc(Cl)cc3)s2)S(C)(=O)=O)c1. The van der Waals surface area contributed by atoms with Gasteiger partial charge in [-0.3, -0.25) is 14.4 Å². The number of carbonyl (C=O) groups is 1. The minimum absolute atomic E-state index is 0.285. The van der Waals surface area contributed by atoms with Gasteiger partial charge in [0, 0.05) is 10.6 Å². The van der Waals surface area contributed by atoms with Gasteiger partial charge in [0.1, 0.15) is 11.6 Å². The lowest BCUT2D eigenvalue weighted by molar-refractivity contribution is -0.114. The average molecular weight is 437 g/mol. The van der Waals surface area contributed by atoms with Crippen LogP contribution in [0.2, 0.25) is 5.02 Å². The summed E-state index contributed by atoms with van der Waals surface area (Å²) in [5.41, 5.74) is 2.14. The normalized spacial score (nSPS) is 11.2. The summed E-state index contributed by atoms with van der Waals surface area (Å²) in [6.45, 7) is 1.49. The second-order valence-electron chi connectivity index (χ2n) is 6.08. The fourth-order valence-electron chi connectivity index (χ4n) is 2.46. The molecule has 146 valence electrons. The zero-order valence-electron chi connectivity index (χ0n) is 15.1. The maximum atomic E-state index is 12.4. The number of sulfonamides is 1. The number of benzene rings is 2. The zero-order chi connectivity index (χ0) is 20.3. The molecular weight excluding hydrogens is 420 g/mol. The number of halogens is 1. The third-order valence-corrected chi connectivity index (χ3v) is 6.02. The smallest absolute Gasteiger partial charge is 0.246 e. The molecule has 0 aliphatic heterocycles. The van der Waals surface area contributed by atoms with E-state index in [1.165, 1.54) is 11.3 Å². The van der Waals surface area contributed by atoms with E-state index in [1.807, 2.05) is 13.0 Å². The number of anilines is 2. The van der Waals surface area contributed by atoms with Crippen LogP contribution in [0.25, 0.3) is 10.6 Å². The van der Waals surface area contributed by atoms with Crippen LogP contribution in [0.3, 0.4) is 0 Å². The van der Waals surface area contributed by atoms with Crippen LogP contribution in [0.15, 0.2) is 48.5 Å². The minimum Gasteiger partial charge on any atom is -0.299 e. The maximum Gasteiger partial charge on any atom is 0.246 e. The van der Waals surface area contributed by atoms with Gasteiger partial charge < -0.3 is 0 Å². The van der Waals surface area contributed by atoms with Crippen molar-refractivity contribution in [3.05, 3.63) is 59.1 Å². The van der Waals surface area contributed by atoms with Gasteiger partial charge >= 0.3 is 0 Å². The molecule has 0 bridgehead atoms. The Morgan fingerprint density at radius 1 is 1.18 bits per heavy atom. The molecule has 0 spiro atoms. The molecule has 1 heterocycles. The Bertz CT molecular complexity index is 1100. The van der Waals surface area contributed by atoms with Crippen LogP contribution < -0.4 is 9.62 Å². The molecule has 0 radical (unpaired) electrons. The molecule has 7 nitrogen and oxygen atoms in total. The van der Waals surface area contributed by atoms with Gasteiger partial charge in [0.15, 0.2) is 0 Å². The van der Waals surface area contributed by atoms with Gasteiger partial charge in [-0.05, 0) is 36.8 Å². The van der Waals surface area contributed by atoms with Crippen molar-refractivity contribution in [1.29, 1.82) is 0 Å². The second kappa shape index (κ2) is 8.26. The number of nitrogens with one attached hydrogen (secondary N) is 1. The number of rotatable bonds is 6. The summed E-state index contributed by atoms with van der Waals surface area (Å²) in [7, 11) is -3.64. The quantitative estimate of drug-likeness (QED) is 0.637. The Balaban J connectivity index is 1.74. The molecule has 3 rings (SSSR count). The molecule has 1 N–H and O–H groups in total. The van der Waals surface area contributed by atoms with Gasteiger partial charge in [0.05, 0.1) is 11.9 Å². The molecule has 0 saturated heterocycles. The molecule has 0 fully saturated rings. The van der Waals surface area contributed by atoms with Gasteiger partial charge in [-0.1, -0.05) is 47.2 Å². The summed E-state index contributed by atoms with van der Waals surface area (Å²) in [5.74, 6) is -0.509. The first-order valence-corrected chi connectivity index (χ1v) is 11.2. The van der Waals surface area contributed by atoms with Gasteiger partial charge in [-0.15, -0.1) is 10.2 Å². The Morgan fingerprint density at radius 2 is 1.89 bits per heavy atom. The van der Waals surface area contributed by atoms with Crippen molar-refractivity contribution < 1.29 is 13.2 Å². The van der Waals surface area contributed by atoms with E-state index in [4.69, 9.17) is 11.6 Å². The number of carbonyl (C=O) groups excluding carboxylic acids is 1. The highest BCUT2D eigenvalue weighted by atomic mass is 35.5. The predicted molar refractivity (Wildman–Crippen MR) is 112 cm³/mol. The van der Waals surface area contributed by atoms with Crippen molar-refractivity contribution in [3.8, 4) is 10.6 Å². The van der Waals surface area contributed by atoms with Crippen molar-refractivity contribution in [3.63, 3.8) is 0 Å². The van der Waals surface area contributed by atoms with Gasteiger partial charge in [0.2, 0.25) is 21.1 Å². The summed E-state index contributed by atoms with van der Waals surface area (Å²) in [6, 6.07) is 14.0. The first-order chi connectivity index (χ1) is 13.2. The number of hydrogen-bond acceptors (Lipinski definition) is 6. The first kappa shape index (κ1) is 20.2. The summed E-state index contributed by atoms with van der Waals surface area (Å²) >= 11 is 7.06. The lowest BCUT2D eigenvalue weighted by atomic mass is 10.2. The number of aryl methyl sites for hydroxylation is 1. The Kier molecular flexibility index (Phi) is 5.97. The fraction of sp³-hybridized carbons (Fsp3) is 0.167. The van der Waals surface area contributed by atoms with Crippen LogP contribution >= 0.6 is 22.9 Å². The maximum absolute atomic E-state index is 12.4. The fourth-order valence-corrected chi connectivity index (χ4v) is 4.19. The molecule has 28 heavy (non-hydrogen) atoms. The Labute approximate surface area is 172 Å². The number of hydrogen-bond donors (Lipinski definition) is 1. The Hall–Kier alpha value is -2.49. The van der Waals surface area contributed by atoms with E-state index >= 15 is 0 Å². The predicted octanol–water partition coefficient (Wildman–Crippen LogP) is 3.57. The van der Waals surface area contributed by atoms with Crippen LogP contribution in [0.1, 0.15) is 5.56 Å². The highest BCUT2D eigenvalue weighted by molar-refractivity contribution is 7.92. The molecule has 0 aliphatic carbocycles. The largest absolute Gasteiger partial charge is 0.299 e. The topological polar surface area (TPSA) is 92.3 Å². The van der Waals surface area contributed by atoms with Crippen molar-refractivity contribution in [2.24, 2.45) is 0 Å². The van der Waals surface area contributed by atoms with Crippen molar-refractivity contribution in [1.82, 2.24) is 10.2 Å². The molecule has 10 heteroatoms. The molecular formula is C18H17ClN4O3S2. The van der Waals surface area contributed by atoms with Gasteiger partial charge in [-0.25, -0.2) is 8.42 Å². The molecule has 0 aliphatic rings. The number of nitrogens with zero attached hydrogens (tertiary/aromatic N) is 3. The lowest BCUT2D eigenvalue weighted by Crippen LogP contribution is -2.37. The van der Waals surface area contributed by atoms with E-state index in [0.717, 1.165) is 21.7 Å². The van der Waals surface area contributed by atoms with Crippen LogP contribution in [0, 0.1) is 6.92 Å². The van der Waals surface area contributed by atoms with Crippen molar-refractivity contribution in [2.75, 3.05) is 22.4 Å². The minimum atomic E-state index is -3.64. The zero-order valence-corrected chi connectivity index (χ0v) is 17.5. The average Bonchev–Trinajstić information content (AvgIpc) is 3.07. The monoisotopic (exact) mass is 436 g/mol. The van der Waals surface area contributed by atoms with E-state index in [-0.39, 0.29) is 11.7 Å². The molecule has 2 aromatic carbocycles. The molecule has 3 aromatic rings. The summed E-state index contributed by atoms with van der Waals surface area (Å²) in [4.78, 5) is 12.4. The van der Waals surface area contributed by atoms with E-state index in [0.29, 0.717) is 15.7 Å². The lowest BCUT2D eigenvalue weighted by Gasteiger charge is -2.21. The van der Waals surface area contributed by atoms with Gasteiger partial charge in [0.25, 0.3) is 0 Å². The molecule has 0 unspecified atom stereocenters. The van der Waals surface area contributed by atoms with E-state index in [2.05, 4.69) is 15.5 Å². The van der Waals surface area contributed by atoms with Crippen molar-refractivity contribution >= 4 is 49.7 Å². The first-order valence-electron chi connectivity index (χ1n) is 8.16. The molecule has 0 atom stereocenters. The highest BCUT2D eigenvalue weighted by Gasteiger charge is 2.21. The van der Waals surface area contributed by atoms with Crippen LogP contribution in [-0.2, 0) is 14.8 Å². The molecule has 1 amide bonds. The summed E-state index contributed by atoms with van der Waals surface area (Å²) in [6.07, 6.45) is 1.06. The molecule has 1 aromatic heterocycles. The van der Waals surface area contributed by atoms with Crippen molar-refractivity contribution in [2.45, 2.75) is 6.92 Å². The number of aromatic nitrogens is 2. The van der Waals surface area contributed by atoms with Crippen LogP contribution in [0.4, 0.5) is 10.8 Å². The number of amides is 1. The summed E-state index contributed by atoms with van der Waals surface area (Å²) < 4.78 is 25.4. The molecule has 0 saturated carbocycles. The standard InChI is InChI=1S/C18H17ClN4O3S2/c1-12-4-3-5-15(10-12)23(28(2,25)26)11-16(24)20-18-22-21-17(27-18)13-6-8-14(19)9-7-13/h3-10H,11H2,1-2H3,(H,20,22,24). The summed E-state index contributed by atoms with van der Waals surface area (Å²) in [5, 5.41) is 12.1. The van der Waals surface area contributed by atoms with Gasteiger partial charge in [-0.2, -0.15) is 0 Å². The van der Waals surface area contributed by atoms with Crippen LogP contribution in [0.5, 0.6) is 0 Å². The van der Waals surface area contributed by atoms with E-state index in [1.54, 1.807) is 42.5 Å². The Morgan fingerprint density at radius 3 is 2.54 bits per heavy atom. The van der Waals surface area contributed by atoms with Crippen LogP contribution in [-0.4, -0.2) is 37.3 Å². The van der Waals surface area contributed by atoms with E-state index in [9.17, 15) is 13.2 Å². The highest BCUT2D eigenvalue weighted by Crippen LogP contribution is 2.27. The second-order valence-corrected chi connectivity index (χ2v) is 9.40. The van der Waals surface area contributed by atoms with E-state index < -0.39 is 15.9 Å². The third kappa shape index (κ3) is 5.06. The third-order valence-electron chi connectivity index (χ3n) is 3.74.